The molecule has 0 unspecified atom stereocenters. The van der Waals surface area contributed by atoms with E-state index < -0.39 is 6.10 Å². The lowest BCUT2D eigenvalue weighted by Gasteiger charge is -2.56. The van der Waals surface area contributed by atoms with Crippen LogP contribution in [0.1, 0.15) is 23.1 Å². The largest absolute Gasteiger partial charge is 0.481 e. The molecular weight excluding hydrogens is 454 g/mol. The fourth-order valence-corrected chi connectivity index (χ4v) is 6.77. The summed E-state index contributed by atoms with van der Waals surface area (Å²) in [5.74, 6) is 1.48. The van der Waals surface area contributed by atoms with E-state index in [2.05, 4.69) is 24.1 Å². The highest BCUT2D eigenvalue weighted by atomic mass is 35.5. The predicted octanol–water partition coefficient (Wildman–Crippen LogP) is 3.92. The lowest BCUT2D eigenvalue weighted by Crippen LogP contribution is -2.65. The number of carbonyl (C=O) groups is 1. The number of hydrogen-bond acceptors (Lipinski definition) is 6. The summed E-state index contributed by atoms with van der Waals surface area (Å²) in [6.07, 6.45) is 5.61. The van der Waals surface area contributed by atoms with Gasteiger partial charge in [0.05, 0.1) is 6.42 Å². The molecule has 2 aliphatic heterocycles. The van der Waals surface area contributed by atoms with Crippen LogP contribution in [0.2, 0.25) is 5.02 Å². The highest BCUT2D eigenvalue weighted by Crippen LogP contribution is 2.62. The van der Waals surface area contributed by atoms with Gasteiger partial charge in [0.1, 0.15) is 6.10 Å². The molecule has 7 heteroatoms. The van der Waals surface area contributed by atoms with Crippen molar-refractivity contribution in [3.63, 3.8) is 0 Å². The van der Waals surface area contributed by atoms with Crippen molar-refractivity contribution in [1.82, 2.24) is 4.90 Å². The number of esters is 1. The summed E-state index contributed by atoms with van der Waals surface area (Å²) < 4.78 is 23.8. The molecule has 0 aromatic heterocycles. The maximum Gasteiger partial charge on any atom is 0.310 e. The van der Waals surface area contributed by atoms with Crippen LogP contribution in [-0.4, -0.2) is 56.6 Å². The number of ether oxygens (including phenoxy) is 4. The second-order valence-corrected chi connectivity index (χ2v) is 10.2. The Morgan fingerprint density at radius 3 is 2.97 bits per heavy atom. The number of rotatable bonds is 6. The fraction of sp³-hybridized carbons (Fsp3) is 0.444. The number of hydrogen-bond donors (Lipinski definition) is 0. The third-order valence-corrected chi connectivity index (χ3v) is 8.19. The van der Waals surface area contributed by atoms with Crippen LogP contribution >= 0.6 is 11.6 Å². The van der Waals surface area contributed by atoms with Gasteiger partial charge in [0.25, 0.3) is 0 Å². The van der Waals surface area contributed by atoms with Gasteiger partial charge < -0.3 is 23.8 Å². The van der Waals surface area contributed by atoms with Gasteiger partial charge in [-0.2, -0.15) is 0 Å². The molecule has 178 valence electrons. The van der Waals surface area contributed by atoms with Crippen LogP contribution in [0.4, 0.5) is 0 Å². The number of nitrogens with zero attached hydrogens (tertiary/aromatic N) is 1. The van der Waals surface area contributed by atoms with E-state index in [-0.39, 0.29) is 30.7 Å². The van der Waals surface area contributed by atoms with E-state index >= 15 is 0 Å². The first-order chi connectivity index (χ1) is 16.5. The van der Waals surface area contributed by atoms with Gasteiger partial charge in [-0.1, -0.05) is 35.9 Å². The van der Waals surface area contributed by atoms with E-state index in [1.807, 2.05) is 24.3 Å². The van der Waals surface area contributed by atoms with E-state index in [9.17, 15) is 4.79 Å². The maximum absolute atomic E-state index is 12.9. The first-order valence-electron chi connectivity index (χ1n) is 11.8. The summed E-state index contributed by atoms with van der Waals surface area (Å²) in [6.45, 7) is 1.12. The van der Waals surface area contributed by atoms with Crippen LogP contribution in [-0.2, 0) is 32.5 Å². The monoisotopic (exact) mass is 481 g/mol. The molecular formula is C27H28ClNO5. The van der Waals surface area contributed by atoms with Crippen molar-refractivity contribution >= 4 is 17.6 Å². The first-order valence-corrected chi connectivity index (χ1v) is 12.2. The molecule has 34 heavy (non-hydrogen) atoms. The Kier molecular flexibility index (Phi) is 5.36. The average molecular weight is 482 g/mol. The van der Waals surface area contributed by atoms with Crippen LogP contribution in [0.15, 0.2) is 48.6 Å². The molecule has 0 saturated carbocycles. The van der Waals surface area contributed by atoms with Gasteiger partial charge in [-0.3, -0.25) is 4.79 Å². The van der Waals surface area contributed by atoms with Crippen molar-refractivity contribution in [2.45, 2.75) is 42.9 Å². The smallest absolute Gasteiger partial charge is 0.310 e. The predicted molar refractivity (Wildman–Crippen MR) is 127 cm³/mol. The van der Waals surface area contributed by atoms with Gasteiger partial charge >= 0.3 is 5.97 Å². The lowest BCUT2D eigenvalue weighted by atomic mass is 9.53. The van der Waals surface area contributed by atoms with Gasteiger partial charge in [-0.05, 0) is 61.8 Å². The van der Waals surface area contributed by atoms with Gasteiger partial charge in [0.15, 0.2) is 24.4 Å². The number of methoxy groups -OCH3 is 1. The van der Waals surface area contributed by atoms with Crippen LogP contribution < -0.4 is 9.47 Å². The standard InChI is InChI=1S/C27H28ClNO5/c1-29-11-10-27-19-7-9-22(33-23(30)13-16-4-3-5-18(28)12-16)26(27)34-25-21(32-15-31-2)8-6-17(24(25)27)14-20(19)29/h3-9,12,19-20,22,26H,10-11,13-15H2,1-2H3/t19-,20+,22-,26-,27-/m0/s1. The fourth-order valence-electron chi connectivity index (χ4n) is 6.55. The van der Waals surface area contributed by atoms with E-state index in [1.165, 1.54) is 11.1 Å². The zero-order chi connectivity index (χ0) is 23.4. The Bertz CT molecular complexity index is 1170. The first kappa shape index (κ1) is 22.0. The number of carbonyl (C=O) groups excluding carboxylic acids is 1. The summed E-state index contributed by atoms with van der Waals surface area (Å²) in [4.78, 5) is 15.4. The Morgan fingerprint density at radius 2 is 2.15 bits per heavy atom. The summed E-state index contributed by atoms with van der Waals surface area (Å²) in [7, 11) is 3.81. The highest BCUT2D eigenvalue weighted by molar-refractivity contribution is 6.30. The van der Waals surface area contributed by atoms with Crippen LogP contribution in [0.25, 0.3) is 0 Å². The number of halogens is 1. The second-order valence-electron chi connectivity index (χ2n) is 9.73. The van der Waals surface area contributed by atoms with Gasteiger partial charge in [-0.15, -0.1) is 0 Å². The minimum Gasteiger partial charge on any atom is -0.481 e. The molecule has 4 aliphatic rings. The quantitative estimate of drug-likeness (QED) is 0.354. The van der Waals surface area contributed by atoms with E-state index in [0.29, 0.717) is 22.7 Å². The lowest BCUT2D eigenvalue weighted by molar-refractivity contribution is -0.154. The SMILES string of the molecule is COCOc1ccc2c3c1O[C@H]1[C@@H](OC(=O)Cc4cccc(Cl)c4)C=C[C@H]4[C@@H](C2)N(C)CC[C@@]341. The second kappa shape index (κ2) is 8.29. The molecule has 2 bridgehead atoms. The molecule has 2 aromatic rings. The van der Waals surface area contributed by atoms with E-state index in [0.717, 1.165) is 30.7 Å². The molecule has 0 N–H and O–H groups in total. The topological polar surface area (TPSA) is 57.2 Å². The van der Waals surface area contributed by atoms with Gasteiger partial charge in [-0.25, -0.2) is 0 Å². The minimum atomic E-state index is -0.472. The van der Waals surface area contributed by atoms with Crippen molar-refractivity contribution in [1.29, 1.82) is 0 Å². The van der Waals surface area contributed by atoms with Crippen LogP contribution in [0.5, 0.6) is 11.5 Å². The van der Waals surface area contributed by atoms with E-state index in [1.54, 1.807) is 19.2 Å². The van der Waals surface area contributed by atoms with Crippen LogP contribution in [0.3, 0.4) is 0 Å². The Labute approximate surface area is 204 Å². The van der Waals surface area contributed by atoms with Crippen molar-refractivity contribution in [2.24, 2.45) is 5.92 Å². The zero-order valence-electron chi connectivity index (χ0n) is 19.3. The Hall–Kier alpha value is -2.54. The zero-order valence-corrected chi connectivity index (χ0v) is 20.1. The number of likely N-dealkylation sites (N-methyl/N-ethyl adjacent to an activating group) is 1. The van der Waals surface area contributed by atoms with Gasteiger partial charge in [0, 0.05) is 35.1 Å². The molecule has 5 atom stereocenters. The molecule has 6 nitrogen and oxygen atoms in total. The molecule has 2 aliphatic carbocycles. The third kappa shape index (κ3) is 3.27. The summed E-state index contributed by atoms with van der Waals surface area (Å²) >= 11 is 6.09. The number of likely N-dealkylation sites (tertiary alicyclic amines) is 1. The molecule has 6 rings (SSSR count). The van der Waals surface area contributed by atoms with E-state index in [4.69, 9.17) is 30.5 Å². The molecule has 0 amide bonds. The molecule has 1 saturated heterocycles. The number of benzene rings is 2. The van der Waals surface area contributed by atoms with Gasteiger partial charge in [0.2, 0.25) is 0 Å². The van der Waals surface area contributed by atoms with Crippen molar-refractivity contribution in [2.75, 3.05) is 27.5 Å². The molecule has 1 spiro atoms. The van der Waals surface area contributed by atoms with Crippen molar-refractivity contribution in [3.05, 3.63) is 70.3 Å². The summed E-state index contributed by atoms with van der Waals surface area (Å²) in [6, 6.07) is 11.9. The van der Waals surface area contributed by atoms with Crippen molar-refractivity contribution in [3.8, 4) is 11.5 Å². The molecule has 0 radical (unpaired) electrons. The van der Waals surface area contributed by atoms with Crippen LogP contribution in [0, 0.1) is 5.92 Å². The Morgan fingerprint density at radius 1 is 1.26 bits per heavy atom. The minimum absolute atomic E-state index is 0.151. The van der Waals surface area contributed by atoms with Crippen molar-refractivity contribution < 1.29 is 23.7 Å². The summed E-state index contributed by atoms with van der Waals surface area (Å²) in [5.41, 5.74) is 3.14. The number of piperidine rings is 1. The third-order valence-electron chi connectivity index (χ3n) is 7.95. The molecule has 1 fully saturated rings. The Balaban J connectivity index is 1.36. The maximum atomic E-state index is 12.9. The molecule has 2 heterocycles. The normalized spacial score (nSPS) is 30.4. The highest BCUT2D eigenvalue weighted by Gasteiger charge is 2.65. The average Bonchev–Trinajstić information content (AvgIpc) is 3.17. The summed E-state index contributed by atoms with van der Waals surface area (Å²) in [5, 5.41) is 0.606. The molecule has 2 aromatic carbocycles.